The zero-order valence-electron chi connectivity index (χ0n) is 7.32. The number of rotatable bonds is 0. The molecule has 1 fully saturated rings. The number of carbonyl (C=O) groups is 1. The fraction of sp³-hybridized carbons (Fsp3) is 0.500. The first-order valence-corrected chi connectivity index (χ1v) is 5.57. The van der Waals surface area contributed by atoms with Crippen molar-refractivity contribution < 1.29 is 4.79 Å². The molecular formula is C10H11NOS. The van der Waals surface area contributed by atoms with Crippen molar-refractivity contribution in [2.75, 3.05) is 0 Å². The van der Waals surface area contributed by atoms with Gasteiger partial charge in [-0.1, -0.05) is 0 Å². The van der Waals surface area contributed by atoms with E-state index < -0.39 is 0 Å². The Kier molecular flexibility index (Phi) is 1.50. The van der Waals surface area contributed by atoms with Gasteiger partial charge in [0.15, 0.2) is 0 Å². The summed E-state index contributed by atoms with van der Waals surface area (Å²) in [7, 11) is 0. The van der Waals surface area contributed by atoms with Gasteiger partial charge in [-0.25, -0.2) is 0 Å². The predicted octanol–water partition coefficient (Wildman–Crippen LogP) is 1.80. The molecule has 1 atom stereocenters. The van der Waals surface area contributed by atoms with Gasteiger partial charge in [-0.05, 0) is 29.9 Å². The maximum atomic E-state index is 11.5. The largest absolute Gasteiger partial charge is 0.334 e. The van der Waals surface area contributed by atoms with Crippen LogP contribution in [0.1, 0.15) is 23.3 Å². The van der Waals surface area contributed by atoms with Gasteiger partial charge in [-0.3, -0.25) is 4.79 Å². The van der Waals surface area contributed by atoms with Crippen LogP contribution in [0, 0.1) is 0 Å². The van der Waals surface area contributed by atoms with E-state index in [-0.39, 0.29) is 0 Å². The van der Waals surface area contributed by atoms with Crippen LogP contribution in [0.3, 0.4) is 0 Å². The molecule has 2 aliphatic rings. The minimum absolute atomic E-state index is 0.351. The van der Waals surface area contributed by atoms with E-state index in [4.69, 9.17) is 0 Å². The zero-order chi connectivity index (χ0) is 8.84. The van der Waals surface area contributed by atoms with E-state index in [1.807, 2.05) is 0 Å². The monoisotopic (exact) mass is 193 g/mol. The SMILES string of the molecule is O=C1CC[C@@H]2Cc3ccsc3CN12. The van der Waals surface area contributed by atoms with E-state index in [9.17, 15) is 4.79 Å². The second-order valence-electron chi connectivity index (χ2n) is 3.79. The molecule has 0 radical (unpaired) electrons. The summed E-state index contributed by atoms with van der Waals surface area (Å²) < 4.78 is 0. The van der Waals surface area contributed by atoms with Gasteiger partial charge in [0.2, 0.25) is 5.91 Å². The molecule has 3 heterocycles. The van der Waals surface area contributed by atoms with E-state index in [2.05, 4.69) is 16.3 Å². The molecule has 1 amide bonds. The Morgan fingerprint density at radius 2 is 2.46 bits per heavy atom. The summed E-state index contributed by atoms with van der Waals surface area (Å²) in [5, 5.41) is 2.14. The van der Waals surface area contributed by atoms with Gasteiger partial charge in [-0.2, -0.15) is 0 Å². The number of amides is 1. The summed E-state index contributed by atoms with van der Waals surface area (Å²) in [6.45, 7) is 0.872. The summed E-state index contributed by atoms with van der Waals surface area (Å²) in [4.78, 5) is 14.9. The molecule has 13 heavy (non-hydrogen) atoms. The Balaban J connectivity index is 1.98. The normalized spacial score (nSPS) is 26.0. The number of carbonyl (C=O) groups excluding carboxylic acids is 1. The van der Waals surface area contributed by atoms with Crippen molar-refractivity contribution in [2.24, 2.45) is 0 Å². The molecule has 0 spiro atoms. The van der Waals surface area contributed by atoms with Crippen molar-refractivity contribution in [3.05, 3.63) is 21.9 Å². The summed E-state index contributed by atoms with van der Waals surface area (Å²) >= 11 is 1.78. The van der Waals surface area contributed by atoms with Crippen LogP contribution in [-0.4, -0.2) is 16.8 Å². The lowest BCUT2D eigenvalue weighted by Gasteiger charge is -2.29. The van der Waals surface area contributed by atoms with Crippen LogP contribution in [-0.2, 0) is 17.8 Å². The first-order valence-electron chi connectivity index (χ1n) is 4.69. The second kappa shape index (κ2) is 2.58. The summed E-state index contributed by atoms with van der Waals surface area (Å²) in [5.41, 5.74) is 1.47. The Labute approximate surface area is 81.2 Å². The van der Waals surface area contributed by atoms with Crippen LogP contribution in [0.15, 0.2) is 11.4 Å². The zero-order valence-corrected chi connectivity index (χ0v) is 8.14. The van der Waals surface area contributed by atoms with Crippen LogP contribution in [0.25, 0.3) is 0 Å². The van der Waals surface area contributed by atoms with Gasteiger partial charge in [-0.15, -0.1) is 11.3 Å². The van der Waals surface area contributed by atoms with Crippen LogP contribution in [0.2, 0.25) is 0 Å². The standard InChI is InChI=1S/C10H11NOS/c12-10-2-1-8-5-7-3-4-13-9(7)6-11(8)10/h3-4,8H,1-2,5-6H2/t8-/m1/s1. The van der Waals surface area contributed by atoms with Gasteiger partial charge >= 0.3 is 0 Å². The van der Waals surface area contributed by atoms with Crippen molar-refractivity contribution in [3.63, 3.8) is 0 Å². The smallest absolute Gasteiger partial charge is 0.223 e. The molecule has 1 saturated heterocycles. The van der Waals surface area contributed by atoms with Gasteiger partial charge in [0.25, 0.3) is 0 Å². The number of hydrogen-bond acceptors (Lipinski definition) is 2. The number of thiophene rings is 1. The molecule has 0 bridgehead atoms. The van der Waals surface area contributed by atoms with E-state index in [1.165, 1.54) is 10.4 Å². The molecule has 0 unspecified atom stereocenters. The second-order valence-corrected chi connectivity index (χ2v) is 4.79. The summed E-state index contributed by atoms with van der Waals surface area (Å²) in [6.07, 6.45) is 2.91. The van der Waals surface area contributed by atoms with Crippen molar-refractivity contribution in [2.45, 2.75) is 31.8 Å². The van der Waals surface area contributed by atoms with Crippen LogP contribution >= 0.6 is 11.3 Å². The molecule has 68 valence electrons. The quantitative estimate of drug-likeness (QED) is 0.615. The lowest BCUT2D eigenvalue weighted by atomic mass is 10.0. The van der Waals surface area contributed by atoms with Gasteiger partial charge < -0.3 is 4.90 Å². The van der Waals surface area contributed by atoms with Crippen LogP contribution in [0.4, 0.5) is 0 Å². The van der Waals surface area contributed by atoms with E-state index in [0.717, 1.165) is 25.8 Å². The Hall–Kier alpha value is -0.830. The number of fused-ring (bicyclic) bond motifs is 2. The molecule has 1 aromatic heterocycles. The Bertz CT molecular complexity index is 358. The molecule has 2 nitrogen and oxygen atoms in total. The molecule has 0 aliphatic carbocycles. The molecular weight excluding hydrogens is 182 g/mol. The third-order valence-corrected chi connectivity index (χ3v) is 4.01. The topological polar surface area (TPSA) is 20.3 Å². The molecule has 0 aromatic carbocycles. The highest BCUT2D eigenvalue weighted by atomic mass is 32.1. The van der Waals surface area contributed by atoms with Gasteiger partial charge in [0, 0.05) is 17.3 Å². The molecule has 2 aliphatic heterocycles. The van der Waals surface area contributed by atoms with E-state index in [0.29, 0.717) is 11.9 Å². The average molecular weight is 193 g/mol. The van der Waals surface area contributed by atoms with E-state index >= 15 is 0 Å². The lowest BCUT2D eigenvalue weighted by Crippen LogP contribution is -2.37. The van der Waals surface area contributed by atoms with Crippen molar-refractivity contribution in [1.29, 1.82) is 0 Å². The van der Waals surface area contributed by atoms with Gasteiger partial charge in [0.05, 0.1) is 6.54 Å². The minimum Gasteiger partial charge on any atom is -0.334 e. The highest BCUT2D eigenvalue weighted by Crippen LogP contribution is 2.33. The van der Waals surface area contributed by atoms with Crippen molar-refractivity contribution >= 4 is 17.2 Å². The van der Waals surface area contributed by atoms with Gasteiger partial charge in [0.1, 0.15) is 0 Å². The third-order valence-electron chi connectivity index (χ3n) is 3.06. The molecule has 0 saturated carbocycles. The van der Waals surface area contributed by atoms with Crippen molar-refractivity contribution in [3.8, 4) is 0 Å². The molecule has 3 heteroatoms. The first-order chi connectivity index (χ1) is 6.34. The molecule has 0 N–H and O–H groups in total. The molecule has 3 rings (SSSR count). The highest BCUT2D eigenvalue weighted by Gasteiger charge is 2.35. The fourth-order valence-corrected chi connectivity index (χ4v) is 3.23. The highest BCUT2D eigenvalue weighted by molar-refractivity contribution is 7.10. The minimum atomic E-state index is 0.351. The molecule has 1 aromatic rings. The Morgan fingerprint density at radius 1 is 1.54 bits per heavy atom. The van der Waals surface area contributed by atoms with E-state index in [1.54, 1.807) is 11.3 Å². The lowest BCUT2D eigenvalue weighted by molar-refractivity contribution is -0.129. The third kappa shape index (κ3) is 1.03. The fourth-order valence-electron chi connectivity index (χ4n) is 2.32. The summed E-state index contributed by atoms with van der Waals surface area (Å²) in [6, 6.07) is 2.72. The average Bonchev–Trinajstić information content (AvgIpc) is 2.70. The first kappa shape index (κ1) is 7.56. The van der Waals surface area contributed by atoms with Crippen LogP contribution in [0.5, 0.6) is 0 Å². The predicted molar refractivity (Wildman–Crippen MR) is 51.6 cm³/mol. The maximum absolute atomic E-state index is 11.5. The van der Waals surface area contributed by atoms with Crippen LogP contribution < -0.4 is 0 Å². The maximum Gasteiger partial charge on any atom is 0.223 e. The summed E-state index contributed by atoms with van der Waals surface area (Å²) in [5.74, 6) is 0.351. The number of hydrogen-bond donors (Lipinski definition) is 0. The number of nitrogens with zero attached hydrogens (tertiary/aromatic N) is 1. The Morgan fingerprint density at radius 3 is 3.38 bits per heavy atom. The van der Waals surface area contributed by atoms with Crippen molar-refractivity contribution in [1.82, 2.24) is 4.90 Å².